The van der Waals surface area contributed by atoms with E-state index in [9.17, 15) is 9.59 Å². The van der Waals surface area contributed by atoms with Crippen molar-refractivity contribution in [2.75, 3.05) is 5.32 Å². The summed E-state index contributed by atoms with van der Waals surface area (Å²) in [5.74, 6) is -0.387. The van der Waals surface area contributed by atoms with Crippen molar-refractivity contribution in [3.05, 3.63) is 64.0 Å². The summed E-state index contributed by atoms with van der Waals surface area (Å²) in [5.41, 5.74) is 7.26. The number of aryl methyl sites for hydroxylation is 1. The van der Waals surface area contributed by atoms with Gasteiger partial charge in [-0.2, -0.15) is 0 Å². The highest BCUT2D eigenvalue weighted by Crippen LogP contribution is 2.19. The third-order valence-corrected chi connectivity index (χ3v) is 4.19. The van der Waals surface area contributed by atoms with Gasteiger partial charge in [-0.1, -0.05) is 18.2 Å². The van der Waals surface area contributed by atoms with E-state index in [4.69, 9.17) is 5.73 Å². The molecule has 0 aliphatic rings. The van der Waals surface area contributed by atoms with Crippen LogP contribution >= 0.6 is 11.3 Å². The van der Waals surface area contributed by atoms with Crippen LogP contribution in [0.2, 0.25) is 0 Å². The van der Waals surface area contributed by atoms with Crippen LogP contribution in [0.3, 0.4) is 0 Å². The van der Waals surface area contributed by atoms with E-state index in [1.165, 1.54) is 17.4 Å². The molecule has 3 N–H and O–H groups in total. The van der Waals surface area contributed by atoms with Crippen LogP contribution in [0.25, 0.3) is 5.69 Å². The molecule has 0 spiro atoms. The number of aromatic nitrogens is 2. The molecule has 23 heavy (non-hydrogen) atoms. The lowest BCUT2D eigenvalue weighted by molar-refractivity contribution is 0.100. The van der Waals surface area contributed by atoms with Gasteiger partial charge >= 0.3 is 0 Å². The van der Waals surface area contributed by atoms with Crippen LogP contribution in [-0.2, 0) is 0 Å². The van der Waals surface area contributed by atoms with Gasteiger partial charge in [0.05, 0.1) is 16.1 Å². The molecule has 2 aromatic heterocycles. The van der Waals surface area contributed by atoms with Crippen LogP contribution in [0.15, 0.2) is 48.0 Å². The van der Waals surface area contributed by atoms with Crippen LogP contribution in [-0.4, -0.2) is 21.6 Å². The summed E-state index contributed by atoms with van der Waals surface area (Å²) in [6, 6.07) is 11.1. The van der Waals surface area contributed by atoms with Crippen molar-refractivity contribution in [2.24, 2.45) is 5.73 Å². The van der Waals surface area contributed by atoms with Crippen molar-refractivity contribution < 1.29 is 9.59 Å². The molecular weight excluding hydrogens is 312 g/mol. The van der Waals surface area contributed by atoms with Crippen molar-refractivity contribution in [2.45, 2.75) is 6.92 Å². The van der Waals surface area contributed by atoms with Crippen molar-refractivity contribution in [1.82, 2.24) is 9.78 Å². The normalized spacial score (nSPS) is 10.5. The number of rotatable bonds is 4. The van der Waals surface area contributed by atoms with Gasteiger partial charge in [0.15, 0.2) is 5.82 Å². The monoisotopic (exact) mass is 326 g/mol. The number of carbonyl (C=O) groups excluding carboxylic acids is 2. The lowest BCUT2D eigenvalue weighted by atomic mass is 10.3. The predicted octanol–water partition coefficient (Wildman–Crippen LogP) is 2.59. The minimum Gasteiger partial charge on any atom is -0.366 e. The summed E-state index contributed by atoms with van der Waals surface area (Å²) in [7, 11) is 0. The fraction of sp³-hybridized carbons (Fsp3) is 0.0625. The van der Waals surface area contributed by atoms with E-state index >= 15 is 0 Å². The quantitative estimate of drug-likeness (QED) is 0.772. The van der Waals surface area contributed by atoms with E-state index < -0.39 is 5.91 Å². The van der Waals surface area contributed by atoms with E-state index in [0.29, 0.717) is 16.3 Å². The summed E-state index contributed by atoms with van der Waals surface area (Å²) < 4.78 is 1.70. The maximum atomic E-state index is 12.2. The zero-order valence-corrected chi connectivity index (χ0v) is 13.1. The molecule has 0 saturated heterocycles. The van der Waals surface area contributed by atoms with Gasteiger partial charge in [0.1, 0.15) is 0 Å². The lowest BCUT2D eigenvalue weighted by Gasteiger charge is -2.01. The molecule has 0 unspecified atom stereocenters. The molecule has 0 bridgehead atoms. The molecule has 116 valence electrons. The standard InChI is InChI=1S/C16H14N4O2S/c1-10-8-20(12-5-3-2-4-6-12)19-15(10)18-16(22)13-7-11(9-23-13)14(17)21/h2-9H,1H3,(H2,17,21)(H,18,19,22). The van der Waals surface area contributed by atoms with Crippen LogP contribution in [0.5, 0.6) is 0 Å². The fourth-order valence-electron chi connectivity index (χ4n) is 2.05. The molecule has 0 saturated carbocycles. The summed E-state index contributed by atoms with van der Waals surface area (Å²) >= 11 is 1.17. The van der Waals surface area contributed by atoms with Gasteiger partial charge in [-0.3, -0.25) is 9.59 Å². The van der Waals surface area contributed by atoms with Gasteiger partial charge in [-0.25, -0.2) is 4.68 Å². The zero-order chi connectivity index (χ0) is 16.4. The number of nitrogens with one attached hydrogen (secondary N) is 1. The van der Waals surface area contributed by atoms with E-state index in [0.717, 1.165) is 11.3 Å². The Balaban J connectivity index is 1.81. The first kappa shape index (κ1) is 15.0. The van der Waals surface area contributed by atoms with Crippen LogP contribution in [0, 0.1) is 6.92 Å². The molecule has 0 aliphatic heterocycles. The van der Waals surface area contributed by atoms with Gasteiger partial charge in [0.25, 0.3) is 5.91 Å². The van der Waals surface area contributed by atoms with Gasteiger partial charge < -0.3 is 11.1 Å². The first-order valence-electron chi connectivity index (χ1n) is 6.86. The van der Waals surface area contributed by atoms with Gasteiger partial charge in [-0.05, 0) is 25.1 Å². The number of hydrogen-bond donors (Lipinski definition) is 2. The Bertz CT molecular complexity index is 867. The maximum Gasteiger partial charge on any atom is 0.266 e. The second-order valence-corrected chi connectivity index (χ2v) is 5.87. The van der Waals surface area contributed by atoms with Crippen molar-refractivity contribution in [1.29, 1.82) is 0 Å². The number of nitrogens with zero attached hydrogens (tertiary/aromatic N) is 2. The summed E-state index contributed by atoms with van der Waals surface area (Å²) in [6.07, 6.45) is 1.84. The number of carbonyl (C=O) groups is 2. The number of benzene rings is 1. The Morgan fingerprint density at radius 2 is 2.00 bits per heavy atom. The maximum absolute atomic E-state index is 12.2. The Morgan fingerprint density at radius 3 is 2.65 bits per heavy atom. The van der Waals surface area contributed by atoms with Crippen molar-refractivity contribution in [3.63, 3.8) is 0 Å². The van der Waals surface area contributed by atoms with E-state index in [-0.39, 0.29) is 5.91 Å². The Labute approximate surface area is 136 Å². The summed E-state index contributed by atoms with van der Waals surface area (Å²) in [6.45, 7) is 1.87. The molecule has 0 aliphatic carbocycles. The molecule has 6 nitrogen and oxygen atoms in total. The van der Waals surface area contributed by atoms with Crippen LogP contribution in [0.1, 0.15) is 25.6 Å². The van der Waals surface area contributed by atoms with Gasteiger partial charge in [0, 0.05) is 17.1 Å². The third kappa shape index (κ3) is 3.14. The summed E-state index contributed by atoms with van der Waals surface area (Å²) in [5, 5.41) is 8.70. The average molecular weight is 326 g/mol. The molecule has 0 atom stereocenters. The highest BCUT2D eigenvalue weighted by atomic mass is 32.1. The number of hydrogen-bond acceptors (Lipinski definition) is 4. The predicted molar refractivity (Wildman–Crippen MR) is 89.1 cm³/mol. The van der Waals surface area contributed by atoms with Crippen LogP contribution < -0.4 is 11.1 Å². The Morgan fingerprint density at radius 1 is 1.26 bits per heavy atom. The summed E-state index contributed by atoms with van der Waals surface area (Å²) in [4.78, 5) is 23.7. The number of primary amides is 1. The number of anilines is 1. The molecular formula is C16H14N4O2S. The minimum atomic E-state index is -0.551. The minimum absolute atomic E-state index is 0.316. The molecule has 1 aromatic carbocycles. The van der Waals surface area contributed by atoms with Crippen LogP contribution in [0.4, 0.5) is 5.82 Å². The fourth-order valence-corrected chi connectivity index (χ4v) is 2.84. The molecule has 3 aromatic rings. The number of amides is 2. The number of nitrogens with two attached hydrogens (primary N) is 1. The van der Waals surface area contributed by atoms with E-state index in [1.54, 1.807) is 10.1 Å². The van der Waals surface area contributed by atoms with Gasteiger partial charge in [0.2, 0.25) is 5.91 Å². The Kier molecular flexibility index (Phi) is 3.94. The largest absolute Gasteiger partial charge is 0.366 e. The Hall–Kier alpha value is -2.93. The SMILES string of the molecule is Cc1cn(-c2ccccc2)nc1NC(=O)c1cc(C(N)=O)cs1. The van der Waals surface area contributed by atoms with E-state index in [2.05, 4.69) is 10.4 Å². The number of thiophene rings is 1. The first-order chi connectivity index (χ1) is 11.0. The van der Waals surface area contributed by atoms with Gasteiger partial charge in [-0.15, -0.1) is 16.4 Å². The van der Waals surface area contributed by atoms with Crippen molar-refractivity contribution >= 4 is 29.0 Å². The second-order valence-electron chi connectivity index (χ2n) is 4.96. The second kappa shape index (κ2) is 6.05. The molecule has 0 radical (unpaired) electrons. The molecule has 3 rings (SSSR count). The highest BCUT2D eigenvalue weighted by molar-refractivity contribution is 7.12. The molecule has 2 amide bonds. The zero-order valence-electron chi connectivity index (χ0n) is 12.3. The molecule has 2 heterocycles. The smallest absolute Gasteiger partial charge is 0.266 e. The average Bonchev–Trinajstić information content (AvgIpc) is 3.16. The third-order valence-electron chi connectivity index (χ3n) is 3.26. The molecule has 0 fully saturated rings. The number of para-hydroxylation sites is 1. The topological polar surface area (TPSA) is 90.0 Å². The van der Waals surface area contributed by atoms with Crippen molar-refractivity contribution in [3.8, 4) is 5.69 Å². The first-order valence-corrected chi connectivity index (χ1v) is 7.74. The highest BCUT2D eigenvalue weighted by Gasteiger charge is 2.15. The molecule has 7 heteroatoms. The van der Waals surface area contributed by atoms with E-state index in [1.807, 2.05) is 43.5 Å². The lowest BCUT2D eigenvalue weighted by Crippen LogP contribution is -2.13.